The molecule has 0 radical (unpaired) electrons. The average Bonchev–Trinajstić information content (AvgIpc) is 2.60. The van der Waals surface area contributed by atoms with Crippen molar-refractivity contribution in [2.24, 2.45) is 0 Å². The Hall–Kier alpha value is -2.41. The molecule has 1 atom stereocenters. The third-order valence-corrected chi connectivity index (χ3v) is 3.76. The minimum Gasteiger partial charge on any atom is -0.497 e. The standard InChI is InChI=1S/C18H17ClF3NO3/c1-3-16(26-13-6-4-5-12(10-13)25-2)17(24)23-15-8-7-11(19)9-14(15)18(20,21)22/h4-10,16H,3H2,1-2H3,(H,23,24)/t16-/m0/s1. The zero-order valence-corrected chi connectivity index (χ0v) is 14.8. The van der Waals surface area contributed by atoms with Crippen LogP contribution in [0.3, 0.4) is 0 Å². The van der Waals surface area contributed by atoms with E-state index in [2.05, 4.69) is 5.32 Å². The van der Waals surface area contributed by atoms with Gasteiger partial charge < -0.3 is 14.8 Å². The van der Waals surface area contributed by atoms with Crippen molar-refractivity contribution in [3.63, 3.8) is 0 Å². The van der Waals surface area contributed by atoms with Crippen LogP contribution in [0.2, 0.25) is 5.02 Å². The fourth-order valence-corrected chi connectivity index (χ4v) is 2.41. The lowest BCUT2D eigenvalue weighted by Gasteiger charge is -2.19. The largest absolute Gasteiger partial charge is 0.497 e. The summed E-state index contributed by atoms with van der Waals surface area (Å²) in [6.07, 6.45) is -5.36. The van der Waals surface area contributed by atoms with Gasteiger partial charge in [0.05, 0.1) is 18.4 Å². The Morgan fingerprint density at radius 1 is 1.19 bits per heavy atom. The fourth-order valence-electron chi connectivity index (χ4n) is 2.23. The molecule has 140 valence electrons. The molecule has 0 spiro atoms. The highest BCUT2D eigenvalue weighted by molar-refractivity contribution is 6.30. The molecule has 8 heteroatoms. The molecule has 0 saturated heterocycles. The lowest BCUT2D eigenvalue weighted by Crippen LogP contribution is -2.33. The van der Waals surface area contributed by atoms with E-state index in [-0.39, 0.29) is 17.1 Å². The third-order valence-electron chi connectivity index (χ3n) is 3.53. The second-order valence-corrected chi connectivity index (χ2v) is 5.81. The van der Waals surface area contributed by atoms with E-state index in [4.69, 9.17) is 21.1 Å². The number of alkyl halides is 3. The first-order valence-electron chi connectivity index (χ1n) is 7.73. The normalized spacial score (nSPS) is 12.4. The molecule has 1 N–H and O–H groups in total. The number of hydrogen-bond donors (Lipinski definition) is 1. The molecule has 0 heterocycles. The van der Waals surface area contributed by atoms with Crippen LogP contribution in [0.4, 0.5) is 18.9 Å². The summed E-state index contributed by atoms with van der Waals surface area (Å²) in [5.74, 6) is 0.219. The average molecular weight is 388 g/mol. The Balaban J connectivity index is 2.19. The Labute approximate surface area is 153 Å². The van der Waals surface area contributed by atoms with Gasteiger partial charge in [-0.15, -0.1) is 0 Å². The highest BCUT2D eigenvalue weighted by Gasteiger charge is 2.34. The van der Waals surface area contributed by atoms with Crippen molar-refractivity contribution in [3.05, 3.63) is 53.1 Å². The molecule has 0 fully saturated rings. The van der Waals surface area contributed by atoms with Crippen molar-refractivity contribution in [1.29, 1.82) is 0 Å². The van der Waals surface area contributed by atoms with E-state index in [0.29, 0.717) is 11.5 Å². The van der Waals surface area contributed by atoms with Crippen molar-refractivity contribution in [3.8, 4) is 11.5 Å². The summed E-state index contributed by atoms with van der Waals surface area (Å²) in [5.41, 5.74) is -1.39. The van der Waals surface area contributed by atoms with Gasteiger partial charge in [-0.3, -0.25) is 4.79 Å². The number of methoxy groups -OCH3 is 1. The number of nitrogens with one attached hydrogen (secondary N) is 1. The third kappa shape index (κ3) is 5.05. The smallest absolute Gasteiger partial charge is 0.418 e. The van der Waals surface area contributed by atoms with Gasteiger partial charge in [-0.05, 0) is 36.8 Å². The molecule has 0 aliphatic rings. The molecule has 2 rings (SSSR count). The first kappa shape index (κ1) is 19.9. The minimum atomic E-state index is -4.65. The molecule has 2 aromatic rings. The van der Waals surface area contributed by atoms with Gasteiger partial charge in [-0.1, -0.05) is 24.6 Å². The lowest BCUT2D eigenvalue weighted by molar-refractivity contribution is -0.137. The number of amides is 1. The number of carbonyl (C=O) groups excluding carboxylic acids is 1. The lowest BCUT2D eigenvalue weighted by atomic mass is 10.1. The number of benzene rings is 2. The Morgan fingerprint density at radius 2 is 1.88 bits per heavy atom. The van der Waals surface area contributed by atoms with Gasteiger partial charge >= 0.3 is 6.18 Å². The maximum absolute atomic E-state index is 13.1. The number of hydrogen-bond acceptors (Lipinski definition) is 3. The highest BCUT2D eigenvalue weighted by atomic mass is 35.5. The molecule has 0 aromatic heterocycles. The second kappa shape index (κ2) is 8.31. The maximum Gasteiger partial charge on any atom is 0.418 e. The number of ether oxygens (including phenoxy) is 2. The van der Waals surface area contributed by atoms with Gasteiger partial charge in [0.2, 0.25) is 0 Å². The zero-order chi connectivity index (χ0) is 19.3. The summed E-state index contributed by atoms with van der Waals surface area (Å²) in [4.78, 5) is 12.4. The van der Waals surface area contributed by atoms with Crippen molar-refractivity contribution in [2.75, 3.05) is 12.4 Å². The predicted molar refractivity (Wildman–Crippen MR) is 92.8 cm³/mol. The van der Waals surface area contributed by atoms with E-state index in [1.807, 2.05) is 0 Å². The number of halogens is 4. The van der Waals surface area contributed by atoms with Crippen LogP contribution in [0.15, 0.2) is 42.5 Å². The first-order chi connectivity index (χ1) is 12.2. The SMILES string of the molecule is CC[C@H](Oc1cccc(OC)c1)C(=O)Nc1ccc(Cl)cc1C(F)(F)F. The van der Waals surface area contributed by atoms with Crippen molar-refractivity contribution < 1.29 is 27.4 Å². The van der Waals surface area contributed by atoms with Crippen molar-refractivity contribution >= 4 is 23.2 Å². The summed E-state index contributed by atoms with van der Waals surface area (Å²) in [6.45, 7) is 1.69. The van der Waals surface area contributed by atoms with Crippen LogP contribution in [0.25, 0.3) is 0 Å². The summed E-state index contributed by atoms with van der Waals surface area (Å²) in [5, 5.41) is 2.20. The molecule has 4 nitrogen and oxygen atoms in total. The molecule has 0 aliphatic heterocycles. The van der Waals surface area contributed by atoms with E-state index in [1.165, 1.54) is 13.2 Å². The van der Waals surface area contributed by atoms with Crippen LogP contribution in [0, 0.1) is 0 Å². The molecular formula is C18H17ClF3NO3. The molecule has 26 heavy (non-hydrogen) atoms. The van der Waals surface area contributed by atoms with E-state index < -0.39 is 23.8 Å². The van der Waals surface area contributed by atoms with Gasteiger partial charge in [0.15, 0.2) is 6.10 Å². The Kier molecular flexibility index (Phi) is 6.37. The van der Waals surface area contributed by atoms with E-state index in [0.717, 1.165) is 12.1 Å². The van der Waals surface area contributed by atoms with E-state index in [1.54, 1.807) is 31.2 Å². The highest BCUT2D eigenvalue weighted by Crippen LogP contribution is 2.36. The van der Waals surface area contributed by atoms with Gasteiger partial charge in [0, 0.05) is 11.1 Å². The van der Waals surface area contributed by atoms with Gasteiger partial charge in [-0.25, -0.2) is 0 Å². The number of rotatable bonds is 6. The molecule has 0 aliphatic carbocycles. The van der Waals surface area contributed by atoms with E-state index in [9.17, 15) is 18.0 Å². The Bertz CT molecular complexity index is 781. The van der Waals surface area contributed by atoms with Gasteiger partial charge in [0.1, 0.15) is 11.5 Å². The van der Waals surface area contributed by atoms with Crippen molar-refractivity contribution in [2.45, 2.75) is 25.6 Å². The zero-order valence-electron chi connectivity index (χ0n) is 14.1. The molecule has 0 unspecified atom stereocenters. The predicted octanol–water partition coefficient (Wildman–Crippen LogP) is 5.16. The summed E-state index contributed by atoms with van der Waals surface area (Å²) < 4.78 is 50.1. The number of anilines is 1. The molecule has 1 amide bonds. The molecule has 0 bridgehead atoms. The first-order valence-corrected chi connectivity index (χ1v) is 8.10. The van der Waals surface area contributed by atoms with Crippen LogP contribution in [0.5, 0.6) is 11.5 Å². The quantitative estimate of drug-likeness (QED) is 0.744. The van der Waals surface area contributed by atoms with Crippen LogP contribution >= 0.6 is 11.6 Å². The summed E-state index contributed by atoms with van der Waals surface area (Å²) >= 11 is 5.64. The van der Waals surface area contributed by atoms with Crippen LogP contribution in [-0.2, 0) is 11.0 Å². The summed E-state index contributed by atoms with van der Waals surface area (Å²) in [6, 6.07) is 9.75. The molecular weight excluding hydrogens is 371 g/mol. The summed E-state index contributed by atoms with van der Waals surface area (Å²) in [7, 11) is 1.49. The van der Waals surface area contributed by atoms with Crippen molar-refractivity contribution in [1.82, 2.24) is 0 Å². The van der Waals surface area contributed by atoms with Gasteiger partial charge in [-0.2, -0.15) is 13.2 Å². The Morgan fingerprint density at radius 3 is 2.50 bits per heavy atom. The van der Waals surface area contributed by atoms with E-state index >= 15 is 0 Å². The maximum atomic E-state index is 13.1. The topological polar surface area (TPSA) is 47.6 Å². The van der Waals surface area contributed by atoms with Crippen LogP contribution in [0.1, 0.15) is 18.9 Å². The molecule has 2 aromatic carbocycles. The second-order valence-electron chi connectivity index (χ2n) is 5.37. The molecule has 0 saturated carbocycles. The number of carbonyl (C=O) groups is 1. The minimum absolute atomic E-state index is 0.0741. The van der Waals surface area contributed by atoms with Crippen LogP contribution in [-0.4, -0.2) is 19.1 Å². The fraction of sp³-hybridized carbons (Fsp3) is 0.278. The van der Waals surface area contributed by atoms with Gasteiger partial charge in [0.25, 0.3) is 5.91 Å². The monoisotopic (exact) mass is 387 g/mol. The van der Waals surface area contributed by atoms with Crippen LogP contribution < -0.4 is 14.8 Å².